The van der Waals surface area contributed by atoms with E-state index in [1.54, 1.807) is 21.3 Å². The highest BCUT2D eigenvalue weighted by atomic mass is 28.4. The van der Waals surface area contributed by atoms with E-state index >= 15 is 0 Å². The third-order valence-corrected chi connectivity index (χ3v) is 12.2. The van der Waals surface area contributed by atoms with Crippen molar-refractivity contribution < 1.29 is 22.8 Å². The molecule has 1 rings (SSSR count). The Labute approximate surface area is 190 Å². The predicted molar refractivity (Wildman–Crippen MR) is 133 cm³/mol. The number of rotatable bonds is 14. The van der Waals surface area contributed by atoms with Crippen molar-refractivity contribution in [3.8, 4) is 0 Å². The first-order chi connectivity index (χ1) is 14.0. The van der Waals surface area contributed by atoms with Gasteiger partial charge in [0.05, 0.1) is 0 Å². The van der Waals surface area contributed by atoms with Crippen molar-refractivity contribution in [2.45, 2.75) is 78.4 Å². The highest BCUT2D eigenvalue weighted by molar-refractivity contribution is 6.70. The predicted octanol–water partition coefficient (Wildman–Crippen LogP) is 4.10. The zero-order chi connectivity index (χ0) is 22.6. The monoisotopic (exact) mass is 470 g/mol. The summed E-state index contributed by atoms with van der Waals surface area (Å²) in [6, 6.07) is 2.20. The van der Waals surface area contributed by atoms with Crippen LogP contribution in [-0.2, 0) is 17.7 Å². The standard InChI is InChI=1S/C10H25NO3Si.C9H21NOSi.CH4O.CH4/c1-5-6-8-11-9-7-10-15(12-2,13-3)14-4;1-4-5-7-10-8-6-9-12(10,3)11-2;1-2;/h11H,5-10H2,1-4H3;4-9H2,1-3H3;2H,1H3;1H4. The van der Waals surface area contributed by atoms with Crippen LogP contribution in [0.1, 0.15) is 59.8 Å². The summed E-state index contributed by atoms with van der Waals surface area (Å²) in [5, 5.41) is 10.4. The van der Waals surface area contributed by atoms with E-state index in [1.165, 1.54) is 51.2 Å². The molecule has 9 heteroatoms. The van der Waals surface area contributed by atoms with Crippen LogP contribution in [0.4, 0.5) is 0 Å². The third-order valence-electron chi connectivity index (χ3n) is 5.44. The van der Waals surface area contributed by atoms with E-state index in [-0.39, 0.29) is 7.43 Å². The van der Waals surface area contributed by atoms with Crippen LogP contribution in [0.2, 0.25) is 18.6 Å². The van der Waals surface area contributed by atoms with E-state index in [4.69, 9.17) is 22.8 Å². The van der Waals surface area contributed by atoms with Gasteiger partial charge < -0.3 is 32.7 Å². The largest absolute Gasteiger partial charge is 0.500 e. The SMILES string of the molecule is C.CCCCN1CCC[Si]1(C)OC.CCCCNCCC[Si](OC)(OC)OC.CO. The molecular weight excluding hydrogens is 416 g/mol. The minimum absolute atomic E-state index is 0. The molecule has 0 aliphatic carbocycles. The molecule has 1 aliphatic heterocycles. The molecule has 30 heavy (non-hydrogen) atoms. The Bertz CT molecular complexity index is 345. The third kappa shape index (κ3) is 14.3. The number of nitrogens with one attached hydrogen (secondary N) is 1. The molecule has 0 spiro atoms. The molecule has 0 amide bonds. The molecule has 1 heterocycles. The normalized spacial score (nSPS) is 18.7. The Kier molecular flexibility index (Phi) is 25.9. The molecule has 0 aromatic carbocycles. The van der Waals surface area contributed by atoms with Gasteiger partial charge in [-0.25, -0.2) is 0 Å². The molecule has 1 fully saturated rings. The second-order valence-electron chi connectivity index (χ2n) is 7.33. The van der Waals surface area contributed by atoms with Crippen molar-refractivity contribution in [3.63, 3.8) is 0 Å². The lowest BCUT2D eigenvalue weighted by Crippen LogP contribution is -2.48. The molecule has 1 unspecified atom stereocenters. The first kappa shape index (κ1) is 34.8. The Morgan fingerprint density at radius 2 is 1.47 bits per heavy atom. The fourth-order valence-corrected chi connectivity index (χ4v) is 7.91. The average molecular weight is 471 g/mol. The molecule has 2 N–H and O–H groups in total. The molecule has 0 radical (unpaired) electrons. The first-order valence-electron chi connectivity index (χ1n) is 11.1. The maximum atomic E-state index is 7.00. The van der Waals surface area contributed by atoms with Gasteiger partial charge in [0.25, 0.3) is 8.48 Å². The highest BCUT2D eigenvalue weighted by Gasteiger charge is 2.39. The minimum atomic E-state index is -2.33. The van der Waals surface area contributed by atoms with Gasteiger partial charge in [0.2, 0.25) is 0 Å². The van der Waals surface area contributed by atoms with Gasteiger partial charge in [-0.15, -0.1) is 0 Å². The zero-order valence-electron chi connectivity index (χ0n) is 20.5. The Morgan fingerprint density at radius 1 is 0.933 bits per heavy atom. The van der Waals surface area contributed by atoms with Crippen molar-refractivity contribution in [1.82, 2.24) is 9.88 Å². The van der Waals surface area contributed by atoms with Gasteiger partial charge in [-0.2, -0.15) is 0 Å². The first-order valence-corrected chi connectivity index (χ1v) is 15.6. The van der Waals surface area contributed by atoms with Gasteiger partial charge in [-0.05, 0) is 64.5 Å². The van der Waals surface area contributed by atoms with E-state index in [1.807, 2.05) is 7.11 Å². The average Bonchev–Trinajstić information content (AvgIpc) is 3.15. The van der Waals surface area contributed by atoms with Gasteiger partial charge >= 0.3 is 8.80 Å². The quantitative estimate of drug-likeness (QED) is 0.292. The summed E-state index contributed by atoms with van der Waals surface area (Å²) in [4.78, 5) is 0. The van der Waals surface area contributed by atoms with Crippen LogP contribution < -0.4 is 5.32 Å². The van der Waals surface area contributed by atoms with Crippen LogP contribution in [0.25, 0.3) is 0 Å². The minimum Gasteiger partial charge on any atom is -0.406 e. The molecule has 186 valence electrons. The van der Waals surface area contributed by atoms with Gasteiger partial charge in [-0.1, -0.05) is 34.1 Å². The molecule has 7 nitrogen and oxygen atoms in total. The molecule has 0 aromatic heterocycles. The fraction of sp³-hybridized carbons (Fsp3) is 1.00. The van der Waals surface area contributed by atoms with Crippen molar-refractivity contribution in [3.05, 3.63) is 0 Å². The summed E-state index contributed by atoms with van der Waals surface area (Å²) < 4.78 is 24.3. The number of aliphatic hydroxyl groups is 1. The van der Waals surface area contributed by atoms with Crippen LogP contribution in [0.3, 0.4) is 0 Å². The van der Waals surface area contributed by atoms with Gasteiger partial charge in [0.1, 0.15) is 0 Å². The lowest BCUT2D eigenvalue weighted by Gasteiger charge is -2.30. The van der Waals surface area contributed by atoms with Crippen molar-refractivity contribution >= 4 is 17.3 Å². The Hall–Kier alpha value is 0.154. The van der Waals surface area contributed by atoms with Gasteiger partial charge in [-0.3, -0.25) is 0 Å². The Morgan fingerprint density at radius 3 is 1.93 bits per heavy atom. The van der Waals surface area contributed by atoms with E-state index in [0.717, 1.165) is 32.7 Å². The second kappa shape index (κ2) is 22.4. The van der Waals surface area contributed by atoms with Crippen LogP contribution in [-0.4, -0.2) is 88.7 Å². The van der Waals surface area contributed by atoms with Crippen molar-refractivity contribution in [1.29, 1.82) is 0 Å². The second-order valence-corrected chi connectivity index (χ2v) is 14.3. The Balaban J connectivity index is -0.000000442. The van der Waals surface area contributed by atoms with E-state index in [2.05, 4.69) is 30.3 Å². The van der Waals surface area contributed by atoms with Crippen LogP contribution in [0, 0.1) is 0 Å². The molecular formula is C21H54N2O5Si2. The fourth-order valence-electron chi connectivity index (χ4n) is 3.33. The van der Waals surface area contributed by atoms with Gasteiger partial charge in [0.15, 0.2) is 0 Å². The van der Waals surface area contributed by atoms with E-state index < -0.39 is 17.3 Å². The molecule has 0 saturated carbocycles. The smallest absolute Gasteiger partial charge is 0.406 e. The molecule has 1 atom stereocenters. The number of hydrogen-bond acceptors (Lipinski definition) is 7. The molecule has 1 saturated heterocycles. The maximum Gasteiger partial charge on any atom is 0.500 e. The van der Waals surface area contributed by atoms with E-state index in [9.17, 15) is 0 Å². The van der Waals surface area contributed by atoms with Crippen LogP contribution in [0.5, 0.6) is 0 Å². The van der Waals surface area contributed by atoms with E-state index in [0.29, 0.717) is 0 Å². The van der Waals surface area contributed by atoms with Crippen molar-refractivity contribution in [2.75, 3.05) is 61.7 Å². The summed E-state index contributed by atoms with van der Waals surface area (Å²) in [5.74, 6) is 0. The zero-order valence-corrected chi connectivity index (χ0v) is 22.5. The number of unbranched alkanes of at least 4 members (excludes halogenated alkanes) is 2. The van der Waals surface area contributed by atoms with Gasteiger partial charge in [0, 0.05) is 41.6 Å². The van der Waals surface area contributed by atoms with Crippen molar-refractivity contribution in [2.24, 2.45) is 0 Å². The lowest BCUT2D eigenvalue weighted by molar-refractivity contribution is 0.123. The highest BCUT2D eigenvalue weighted by Crippen LogP contribution is 2.26. The molecule has 0 aromatic rings. The maximum absolute atomic E-state index is 7.00. The summed E-state index contributed by atoms with van der Waals surface area (Å²) in [6.45, 7) is 11.4. The molecule has 0 bridgehead atoms. The lowest BCUT2D eigenvalue weighted by atomic mass is 10.3. The topological polar surface area (TPSA) is 72.4 Å². The number of nitrogens with zero attached hydrogens (tertiary/aromatic N) is 1. The summed E-state index contributed by atoms with van der Waals surface area (Å²) in [5.41, 5.74) is 0. The summed E-state index contributed by atoms with van der Waals surface area (Å²) >= 11 is 0. The number of aliphatic hydroxyl groups excluding tert-OH is 1. The summed E-state index contributed by atoms with van der Waals surface area (Å²) in [6.07, 6.45) is 7.48. The summed E-state index contributed by atoms with van der Waals surface area (Å²) in [7, 11) is 4.14. The molecule has 1 aliphatic rings. The number of hydrogen-bond donors (Lipinski definition) is 2. The van der Waals surface area contributed by atoms with Crippen LogP contribution in [0.15, 0.2) is 0 Å². The van der Waals surface area contributed by atoms with Crippen LogP contribution >= 0.6 is 0 Å².